The van der Waals surface area contributed by atoms with Crippen molar-refractivity contribution in [2.75, 3.05) is 5.32 Å². The first kappa shape index (κ1) is 60.7. The van der Waals surface area contributed by atoms with Crippen LogP contribution < -0.4 is 139 Å². The Kier molecular flexibility index (Phi) is 20.0. The Bertz CT molecular complexity index is 3970. The van der Waals surface area contributed by atoms with Gasteiger partial charge in [0.15, 0.2) is 0 Å². The molecule has 0 atom stereocenters. The number of nitrogens with one attached hydrogen (secondary N) is 3. The maximum atomic E-state index is 13.1. The van der Waals surface area contributed by atoms with Gasteiger partial charge in [-0.3, -0.25) is 23.6 Å². The normalized spacial score (nSPS) is 12.6. The first-order valence-electron chi connectivity index (χ1n) is 18.8. The largest absolute Gasteiger partial charge is 1.00 e. The van der Waals surface area contributed by atoms with E-state index in [0.29, 0.717) is 86.9 Å². The van der Waals surface area contributed by atoms with Crippen molar-refractivity contribution in [1.29, 1.82) is 0 Å². The molecule has 0 bridgehead atoms. The van der Waals surface area contributed by atoms with Crippen molar-refractivity contribution in [2.45, 2.75) is 19.6 Å². The zero-order chi connectivity index (χ0) is 48.9. The van der Waals surface area contributed by atoms with Crippen LogP contribution in [-0.2, 0) is 40.5 Å². The smallest absolute Gasteiger partial charge is 0.858 e. The number of aromatic nitrogens is 4. The Morgan fingerprint density at radius 2 is 0.972 bits per heavy atom. The zero-order valence-electron chi connectivity index (χ0n) is 37.7. The van der Waals surface area contributed by atoms with Gasteiger partial charge in [-0.1, -0.05) is 36.4 Å². The van der Waals surface area contributed by atoms with Gasteiger partial charge in [0, 0.05) is 16.8 Å². The van der Waals surface area contributed by atoms with Crippen LogP contribution in [0.5, 0.6) is 0 Å². The molecule has 2 heterocycles. The van der Waals surface area contributed by atoms with Crippen LogP contribution in [0.1, 0.15) is 11.1 Å². The van der Waals surface area contributed by atoms with E-state index in [1.54, 1.807) is 48.5 Å². The van der Waals surface area contributed by atoms with Gasteiger partial charge in [0.05, 0.1) is 54.9 Å². The second kappa shape index (κ2) is 23.8. The zero-order valence-corrected chi connectivity index (χ0v) is 48.9. The van der Waals surface area contributed by atoms with Gasteiger partial charge in [-0.25, -0.2) is 23.4 Å². The maximum Gasteiger partial charge on any atom is 1.00 e. The van der Waals surface area contributed by atoms with Crippen molar-refractivity contribution >= 4 is 103 Å². The number of hydrogen-bond donors (Lipinski definition) is 6. The number of anilines is 1. The van der Waals surface area contributed by atoms with Gasteiger partial charge < -0.3 is 35.2 Å². The van der Waals surface area contributed by atoms with Crippen molar-refractivity contribution in [1.82, 2.24) is 19.9 Å². The van der Waals surface area contributed by atoms with Crippen LogP contribution in [-0.4, -0.2) is 89.6 Å². The topological polar surface area (TPSA) is 396 Å². The summed E-state index contributed by atoms with van der Waals surface area (Å²) in [6, 6.07) is 24.2. The molecule has 6 N–H and O–H groups in total. The summed E-state index contributed by atoms with van der Waals surface area (Å²) in [5, 5.41) is 42.0. The van der Waals surface area contributed by atoms with E-state index in [0.717, 1.165) is 0 Å². The monoisotopic (exact) mass is 1090 g/mol. The molecule has 0 radical (unpaired) electrons. The van der Waals surface area contributed by atoms with Crippen molar-refractivity contribution < 1.29 is 185 Å². The molecule has 31 heteroatoms. The Morgan fingerprint density at radius 3 is 1.44 bits per heavy atom. The summed E-state index contributed by atoms with van der Waals surface area (Å²) >= 11 is 0. The molecule has 0 fully saturated rings. The number of benzene rings is 6. The van der Waals surface area contributed by atoms with E-state index < -0.39 is 89.2 Å². The fraction of sp³-hybridized carbons (Fsp3) is 0. The number of H-pyrrole nitrogens is 2. The molecule has 8 aromatic rings. The standard InChI is InChI=1S/C41H30N8O15S4.4Na/c50-39(48-33-19-27(65(53,54)55)9-13-35(33)67(59,60)61)23-7-11-29-31(17-23)46-37(44-29)21-3-1-5-25(15-21)42-41(52)43-26-6-2-4-22(16-26)38-45-30-12-8-24(18-32(30)47-38)40(51)49-34-20-28(66(56,57)58)10-14-36(34)68(62,63)64;;;;/h1-20H,(H,44,46)(H,45,47)(H,48,50)(H,49,51)(H2,42,43,52)(H,53,54,55)(H,56,57,58)(H,59,60,61)(H,62,63,64);;;;/q;4*+1/p-4. The molecule has 23 nitrogen and oxygen atoms in total. The fourth-order valence-corrected chi connectivity index (χ4v) is 8.77. The molecule has 8 rings (SSSR count). The first-order chi connectivity index (χ1) is 31.9. The van der Waals surface area contributed by atoms with Crippen LogP contribution in [0, 0.1) is 0 Å². The van der Waals surface area contributed by atoms with E-state index in [1.807, 2.05) is 0 Å². The number of imidazole rings is 2. The molecule has 0 aliphatic carbocycles. The minimum atomic E-state index is -5.08. The van der Waals surface area contributed by atoms with Gasteiger partial charge in [-0.2, -0.15) is 25.3 Å². The summed E-state index contributed by atoms with van der Waals surface area (Å²) < 4.78 is 134. The molecule has 0 unspecified atom stereocenters. The van der Waals surface area contributed by atoms with E-state index in [9.17, 15) is 67.2 Å². The van der Waals surface area contributed by atoms with Crippen LogP contribution in [0.3, 0.4) is 0 Å². The van der Waals surface area contributed by atoms with Crippen molar-refractivity contribution in [3.63, 3.8) is 0 Å². The average Bonchev–Trinajstić information content (AvgIpc) is 3.89. The van der Waals surface area contributed by atoms with Crippen molar-refractivity contribution in [3.8, 4) is 22.8 Å². The number of hydrogen-bond acceptors (Lipinski definition) is 17. The Morgan fingerprint density at radius 1 is 0.514 bits per heavy atom. The Labute approximate surface area is 497 Å². The van der Waals surface area contributed by atoms with Crippen LogP contribution >= 0.6 is 0 Å². The van der Waals surface area contributed by atoms with Gasteiger partial charge in [0.2, 0.25) is 0 Å². The summed E-state index contributed by atoms with van der Waals surface area (Å²) in [6.07, 6.45) is 0. The number of nitrogens with zero attached hydrogens (tertiary/aromatic N) is 5. The van der Waals surface area contributed by atoms with Crippen LogP contribution in [0.25, 0.3) is 44.8 Å². The van der Waals surface area contributed by atoms with E-state index >= 15 is 0 Å². The van der Waals surface area contributed by atoms with E-state index in [-0.39, 0.29) is 135 Å². The third-order valence-electron chi connectivity index (χ3n) is 9.64. The number of rotatable bonds is 12. The van der Waals surface area contributed by atoms with Gasteiger partial charge >= 0.3 is 118 Å². The van der Waals surface area contributed by atoms with E-state index in [1.165, 1.54) is 36.4 Å². The predicted octanol–water partition coefficient (Wildman–Crippen LogP) is -9.23. The van der Waals surface area contributed by atoms with Gasteiger partial charge in [-0.05, 0) is 108 Å². The van der Waals surface area contributed by atoms with Gasteiger partial charge in [0.25, 0.3) is 30.4 Å². The molecule has 6 aromatic carbocycles. The molecule has 348 valence electrons. The molecule has 72 heavy (non-hydrogen) atoms. The quantitative estimate of drug-likeness (QED) is 0.0286. The average molecular weight is 1090 g/mol. The van der Waals surface area contributed by atoms with Gasteiger partial charge in [-0.15, -0.1) is 0 Å². The predicted molar refractivity (Wildman–Crippen MR) is 236 cm³/mol. The van der Waals surface area contributed by atoms with Gasteiger partial charge in [0.1, 0.15) is 31.6 Å². The van der Waals surface area contributed by atoms with Crippen LogP contribution in [0.4, 0.5) is 22.7 Å². The SMILES string of the molecule is O=S(=O)([O-])c1ccc(S(=O)(=O)O)c(N=C([O-])c2ccc3nc(-c4cccc(N=C([O-])Nc5cccc(-c6nc7ccc(C([O-])=Nc8cc(S(=O)(=O)O)ccc8S(=O)(=O)O)cc7[nH]6)c5)c4)[nH]c3c2)c1.[Na+].[Na+].[Na+].[Na+]. The molecule has 0 amide bonds. The summed E-state index contributed by atoms with van der Waals surface area (Å²) in [5.41, 5.74) is 1.22. The fourth-order valence-electron chi connectivity index (χ4n) is 6.56. The minimum Gasteiger partial charge on any atom is -0.858 e. The number of fused-ring (bicyclic) bond motifs is 2. The third-order valence-corrected chi connectivity index (χ3v) is 13.1. The molecule has 0 saturated carbocycles. The molecule has 0 aliphatic heterocycles. The minimum absolute atomic E-state index is 0. The summed E-state index contributed by atoms with van der Waals surface area (Å²) in [5.74, 6) is -1.47. The van der Waals surface area contributed by atoms with Crippen LogP contribution in [0.2, 0.25) is 0 Å². The second-order valence-electron chi connectivity index (χ2n) is 14.3. The third kappa shape index (κ3) is 14.3. The van der Waals surface area contributed by atoms with E-state index in [2.05, 4.69) is 40.2 Å². The maximum absolute atomic E-state index is 13.1. The summed E-state index contributed by atoms with van der Waals surface area (Å²) in [6.45, 7) is 0. The summed E-state index contributed by atoms with van der Waals surface area (Å²) in [4.78, 5) is 23.1. The number of aromatic amines is 2. The molecule has 0 spiro atoms. The molecule has 0 saturated heterocycles. The Hall–Kier alpha value is -3.89. The summed E-state index contributed by atoms with van der Waals surface area (Å²) in [7, 11) is -19.8. The molecular formula is C41H26N8Na4O15S4. The van der Waals surface area contributed by atoms with Crippen molar-refractivity contribution in [2.24, 2.45) is 15.0 Å². The van der Waals surface area contributed by atoms with Crippen LogP contribution in [0.15, 0.2) is 156 Å². The molecule has 2 aromatic heterocycles. The Balaban J connectivity index is 0.00000281. The second-order valence-corrected chi connectivity index (χ2v) is 19.9. The number of aliphatic imine (C=N–C) groups is 3. The van der Waals surface area contributed by atoms with Crippen molar-refractivity contribution in [3.05, 3.63) is 132 Å². The molecular weight excluding hydrogens is 1060 g/mol. The van der Waals surface area contributed by atoms with E-state index in [4.69, 9.17) is 0 Å². The first-order valence-corrected chi connectivity index (χ1v) is 24.5. The number of amidine groups is 1. The molecule has 0 aliphatic rings.